The lowest BCUT2D eigenvalue weighted by atomic mass is 9.93. The molecule has 0 saturated carbocycles. The average molecular weight is 370 g/mol. The van der Waals surface area contributed by atoms with Crippen LogP contribution in [0.5, 0.6) is 0 Å². The van der Waals surface area contributed by atoms with Crippen LogP contribution in [0.3, 0.4) is 0 Å². The maximum absolute atomic E-state index is 12.6. The summed E-state index contributed by atoms with van der Waals surface area (Å²) in [5, 5.41) is 13.9. The van der Waals surface area contributed by atoms with Gasteiger partial charge in [-0.25, -0.2) is 0 Å². The van der Waals surface area contributed by atoms with Crippen LogP contribution in [0.4, 0.5) is 0 Å². The van der Waals surface area contributed by atoms with E-state index < -0.39 is 6.10 Å². The summed E-state index contributed by atoms with van der Waals surface area (Å²) in [4.78, 5) is 20.8. The van der Waals surface area contributed by atoms with Gasteiger partial charge in [0.25, 0.3) is 5.91 Å². The van der Waals surface area contributed by atoms with Gasteiger partial charge in [-0.1, -0.05) is 11.2 Å². The molecule has 4 rings (SSSR count). The van der Waals surface area contributed by atoms with Gasteiger partial charge in [0.2, 0.25) is 5.76 Å². The van der Waals surface area contributed by atoms with Crippen molar-refractivity contribution >= 4 is 5.91 Å². The first-order chi connectivity index (χ1) is 13.2. The normalized spacial score (nSPS) is 22.1. The van der Waals surface area contributed by atoms with Crippen LogP contribution in [0.1, 0.15) is 53.4 Å². The van der Waals surface area contributed by atoms with Gasteiger partial charge in [-0.2, -0.15) is 0 Å². The molecular weight excluding hydrogens is 344 g/mol. The first-order valence-corrected chi connectivity index (χ1v) is 9.74. The second-order valence-corrected chi connectivity index (χ2v) is 7.57. The number of hydrogen-bond donors (Lipinski definition) is 1. The number of aliphatic hydroxyl groups excluding tert-OH is 1. The van der Waals surface area contributed by atoms with Crippen molar-refractivity contribution in [2.24, 2.45) is 0 Å². The first kappa shape index (κ1) is 18.1. The summed E-state index contributed by atoms with van der Waals surface area (Å²) in [6, 6.07) is 5.87. The van der Waals surface area contributed by atoms with Crippen molar-refractivity contribution in [3.8, 4) is 0 Å². The Bertz CT molecular complexity index is 756. The van der Waals surface area contributed by atoms with Crippen molar-refractivity contribution in [3.05, 3.63) is 47.6 Å². The summed E-state index contributed by atoms with van der Waals surface area (Å²) < 4.78 is 5.35. The SMILES string of the molecule is O=C(c1cc(C2CCN(Cc3cccnc3)CC2)no1)N1CCCC(O)C1. The number of likely N-dealkylation sites (tertiary alicyclic amines) is 2. The van der Waals surface area contributed by atoms with Crippen molar-refractivity contribution in [1.82, 2.24) is 19.9 Å². The van der Waals surface area contributed by atoms with Crippen molar-refractivity contribution < 1.29 is 14.4 Å². The van der Waals surface area contributed by atoms with E-state index in [0.717, 1.165) is 51.0 Å². The summed E-state index contributed by atoms with van der Waals surface area (Å²) in [6.07, 6.45) is 6.86. The lowest BCUT2D eigenvalue weighted by Gasteiger charge is -2.30. The second-order valence-electron chi connectivity index (χ2n) is 7.57. The number of β-amino-alcohol motifs (C(OH)–C–C–N with tert-alkyl or cyclic N) is 1. The van der Waals surface area contributed by atoms with Gasteiger partial charge in [-0.3, -0.25) is 14.7 Å². The van der Waals surface area contributed by atoms with E-state index in [1.807, 2.05) is 12.3 Å². The number of nitrogens with zero attached hydrogens (tertiary/aromatic N) is 4. The van der Waals surface area contributed by atoms with Gasteiger partial charge in [-0.05, 0) is 50.4 Å². The van der Waals surface area contributed by atoms with E-state index in [2.05, 4.69) is 21.1 Å². The molecule has 0 radical (unpaired) electrons. The van der Waals surface area contributed by atoms with Gasteiger partial charge >= 0.3 is 0 Å². The standard InChI is InChI=1S/C20H26N4O3/c25-17-4-2-8-24(14-17)20(26)19-11-18(22-27-19)16-5-9-23(10-6-16)13-15-3-1-7-21-12-15/h1,3,7,11-12,16-17,25H,2,4-6,8-10,13-14H2. The molecule has 1 unspecified atom stereocenters. The lowest BCUT2D eigenvalue weighted by molar-refractivity contribution is 0.0441. The van der Waals surface area contributed by atoms with Crippen LogP contribution in [0.25, 0.3) is 0 Å². The number of pyridine rings is 1. The van der Waals surface area contributed by atoms with E-state index in [1.165, 1.54) is 5.56 Å². The number of aromatic nitrogens is 2. The summed E-state index contributed by atoms with van der Waals surface area (Å²) in [7, 11) is 0. The number of aliphatic hydroxyl groups is 1. The van der Waals surface area contributed by atoms with Crippen molar-refractivity contribution in [2.75, 3.05) is 26.2 Å². The van der Waals surface area contributed by atoms with E-state index in [9.17, 15) is 9.90 Å². The third-order valence-corrected chi connectivity index (χ3v) is 5.56. The fraction of sp³-hybridized carbons (Fsp3) is 0.550. The maximum Gasteiger partial charge on any atom is 0.292 e. The maximum atomic E-state index is 12.6. The van der Waals surface area contributed by atoms with Crippen LogP contribution < -0.4 is 0 Å². The summed E-state index contributed by atoms with van der Waals surface area (Å²) >= 11 is 0. The largest absolute Gasteiger partial charge is 0.391 e. The number of piperidine rings is 2. The molecule has 0 aromatic carbocycles. The molecule has 0 bridgehead atoms. The Morgan fingerprint density at radius 3 is 2.85 bits per heavy atom. The highest BCUT2D eigenvalue weighted by atomic mass is 16.5. The summed E-state index contributed by atoms with van der Waals surface area (Å²) in [5.74, 6) is 0.450. The van der Waals surface area contributed by atoms with E-state index in [4.69, 9.17) is 4.52 Å². The van der Waals surface area contributed by atoms with Crippen molar-refractivity contribution in [1.29, 1.82) is 0 Å². The van der Waals surface area contributed by atoms with E-state index in [-0.39, 0.29) is 11.7 Å². The molecule has 2 saturated heterocycles. The van der Waals surface area contributed by atoms with Crippen LogP contribution in [-0.2, 0) is 6.54 Å². The minimum atomic E-state index is -0.436. The number of amides is 1. The van der Waals surface area contributed by atoms with Gasteiger partial charge in [0.05, 0.1) is 11.8 Å². The fourth-order valence-corrected chi connectivity index (χ4v) is 4.01. The monoisotopic (exact) mass is 370 g/mol. The highest BCUT2D eigenvalue weighted by Crippen LogP contribution is 2.28. The minimum Gasteiger partial charge on any atom is -0.391 e. The van der Waals surface area contributed by atoms with Crippen molar-refractivity contribution in [3.63, 3.8) is 0 Å². The Hall–Kier alpha value is -2.25. The quantitative estimate of drug-likeness (QED) is 0.887. The van der Waals surface area contributed by atoms with Crippen molar-refractivity contribution in [2.45, 2.75) is 44.2 Å². The molecule has 144 valence electrons. The van der Waals surface area contributed by atoms with Gasteiger partial charge in [0.15, 0.2) is 0 Å². The zero-order chi connectivity index (χ0) is 18.6. The molecule has 0 aliphatic carbocycles. The molecule has 0 spiro atoms. The van der Waals surface area contributed by atoms with Crippen LogP contribution in [0, 0.1) is 0 Å². The number of hydrogen-bond acceptors (Lipinski definition) is 6. The van der Waals surface area contributed by atoms with Crippen LogP contribution in [-0.4, -0.2) is 63.2 Å². The lowest BCUT2D eigenvalue weighted by Crippen LogP contribution is -2.42. The summed E-state index contributed by atoms with van der Waals surface area (Å²) in [6.45, 7) is 3.95. The number of rotatable bonds is 4. The Morgan fingerprint density at radius 2 is 2.11 bits per heavy atom. The second kappa shape index (κ2) is 8.19. The van der Waals surface area contributed by atoms with E-state index >= 15 is 0 Å². The van der Waals surface area contributed by atoms with Gasteiger partial charge in [0, 0.05) is 44.0 Å². The van der Waals surface area contributed by atoms with Gasteiger partial charge in [-0.15, -0.1) is 0 Å². The van der Waals surface area contributed by atoms with Gasteiger partial charge < -0.3 is 14.5 Å². The third-order valence-electron chi connectivity index (χ3n) is 5.56. The molecule has 4 heterocycles. The van der Waals surface area contributed by atoms with E-state index in [0.29, 0.717) is 19.0 Å². The first-order valence-electron chi connectivity index (χ1n) is 9.74. The zero-order valence-electron chi connectivity index (χ0n) is 15.5. The van der Waals surface area contributed by atoms with Crippen LogP contribution >= 0.6 is 0 Å². The predicted molar refractivity (Wildman–Crippen MR) is 99.1 cm³/mol. The topological polar surface area (TPSA) is 82.7 Å². The van der Waals surface area contributed by atoms with Gasteiger partial charge in [0.1, 0.15) is 0 Å². The summed E-state index contributed by atoms with van der Waals surface area (Å²) in [5.41, 5.74) is 2.10. The Kier molecular flexibility index (Phi) is 5.50. The highest BCUT2D eigenvalue weighted by Gasteiger charge is 2.28. The highest BCUT2D eigenvalue weighted by molar-refractivity contribution is 5.91. The molecule has 7 nitrogen and oxygen atoms in total. The molecule has 1 atom stereocenters. The Labute approximate surface area is 159 Å². The Morgan fingerprint density at radius 1 is 1.26 bits per heavy atom. The molecule has 2 aromatic rings. The Balaban J connectivity index is 1.32. The average Bonchev–Trinajstić information content (AvgIpc) is 3.19. The smallest absolute Gasteiger partial charge is 0.292 e. The third kappa shape index (κ3) is 4.36. The molecule has 1 N–H and O–H groups in total. The molecule has 2 fully saturated rings. The molecule has 2 aliphatic heterocycles. The fourth-order valence-electron chi connectivity index (χ4n) is 4.01. The molecule has 1 amide bonds. The molecule has 2 aliphatic rings. The molecule has 2 aromatic heterocycles. The number of carbonyl (C=O) groups is 1. The molecular formula is C20H26N4O3. The molecule has 7 heteroatoms. The van der Waals surface area contributed by atoms with E-state index in [1.54, 1.807) is 17.2 Å². The zero-order valence-corrected chi connectivity index (χ0v) is 15.5. The number of carbonyl (C=O) groups excluding carboxylic acids is 1. The predicted octanol–water partition coefficient (Wildman–Crippen LogP) is 2.05. The van der Waals surface area contributed by atoms with Crippen LogP contribution in [0.2, 0.25) is 0 Å². The minimum absolute atomic E-state index is 0.165. The van der Waals surface area contributed by atoms with Crippen LogP contribution in [0.15, 0.2) is 35.1 Å². The molecule has 27 heavy (non-hydrogen) atoms.